The minimum Gasteiger partial charge on any atom is -0.278 e. The molecule has 0 bridgehead atoms. The van der Waals surface area contributed by atoms with E-state index in [1.165, 1.54) is 52.5 Å². The highest BCUT2D eigenvalue weighted by atomic mass is 32.1. The Morgan fingerprint density at radius 3 is 2.06 bits per heavy atom. The first kappa shape index (κ1) is 26.0. The van der Waals surface area contributed by atoms with E-state index in [1.54, 1.807) is 0 Å². The van der Waals surface area contributed by atoms with Crippen molar-refractivity contribution in [2.75, 3.05) is 0 Å². The molecule has 5 heteroatoms. The smallest absolute Gasteiger partial charge is 0.235 e. The lowest BCUT2D eigenvalue weighted by Crippen LogP contribution is -2.04. The van der Waals surface area contributed by atoms with Crippen molar-refractivity contribution in [2.45, 2.75) is 0 Å². The van der Waals surface area contributed by atoms with Gasteiger partial charge in [0.05, 0.1) is 22.2 Å². The molecule has 11 rings (SSSR count). The Morgan fingerprint density at radius 1 is 0.500 bits per heavy atom. The summed E-state index contributed by atoms with van der Waals surface area (Å²) >= 11 is 1.86. The van der Waals surface area contributed by atoms with Crippen molar-refractivity contribution in [3.63, 3.8) is 0 Å². The van der Waals surface area contributed by atoms with Crippen molar-refractivity contribution in [1.82, 2.24) is 19.5 Å². The van der Waals surface area contributed by atoms with E-state index < -0.39 is 0 Å². The number of hydrogen-bond acceptors (Lipinski definition) is 4. The van der Waals surface area contributed by atoms with Gasteiger partial charge in [-0.15, -0.1) is 11.3 Å². The second kappa shape index (κ2) is 9.67. The minimum absolute atomic E-state index is 0.649. The van der Waals surface area contributed by atoms with Crippen molar-refractivity contribution in [3.05, 3.63) is 146 Å². The molecule has 0 saturated heterocycles. The molecule has 11 aromatic rings. The largest absolute Gasteiger partial charge is 0.278 e. The second-order valence-electron chi connectivity index (χ2n) is 12.4. The number of benzene rings is 7. The van der Waals surface area contributed by atoms with Gasteiger partial charge in [0.25, 0.3) is 0 Å². The summed E-state index contributed by atoms with van der Waals surface area (Å²) in [5.41, 5.74) is 4.95. The Morgan fingerprint density at radius 2 is 1.23 bits per heavy atom. The Kier molecular flexibility index (Phi) is 5.23. The van der Waals surface area contributed by atoms with Crippen LogP contribution in [0.2, 0.25) is 0 Å². The van der Waals surface area contributed by atoms with E-state index in [-0.39, 0.29) is 0 Å². The Balaban J connectivity index is 1.33. The van der Waals surface area contributed by atoms with Gasteiger partial charge in [0, 0.05) is 65.1 Å². The summed E-state index contributed by atoms with van der Waals surface area (Å²) in [4.78, 5) is 15.5. The normalized spacial score (nSPS) is 12.2. The molecule has 4 aromatic heterocycles. The molecule has 4 nitrogen and oxygen atoms in total. The number of nitrogens with zero attached hydrogens (tertiary/aromatic N) is 4. The van der Waals surface area contributed by atoms with Crippen LogP contribution >= 0.6 is 11.3 Å². The van der Waals surface area contributed by atoms with E-state index in [2.05, 4.69) is 137 Å². The van der Waals surface area contributed by atoms with Gasteiger partial charge in [-0.2, -0.15) is 0 Å². The monoisotopic (exact) mass is 628 g/mol. The molecule has 0 aliphatic heterocycles. The van der Waals surface area contributed by atoms with Crippen molar-refractivity contribution in [2.24, 2.45) is 0 Å². The molecular formula is C43H24N4S. The third kappa shape index (κ3) is 3.51. The summed E-state index contributed by atoms with van der Waals surface area (Å²) in [5.74, 6) is 0.649. The minimum atomic E-state index is 0.649. The van der Waals surface area contributed by atoms with E-state index in [4.69, 9.17) is 9.97 Å². The molecule has 0 aliphatic carbocycles. The van der Waals surface area contributed by atoms with E-state index in [1.807, 2.05) is 29.8 Å². The standard InChI is InChI=1S/C43H24N4S/c1-3-15-31-27(11-1)28-12-2-4-16-32(28)41-39(31)40(26-10-9-21-44-24-26)45-43(46-41)47-36-17-7-5-13-29(36)35-22-25-19-20-33-30-14-6-8-18-38(30)48-42(33)34(25)23-37(35)47/h1-24H. The molecule has 0 unspecified atom stereocenters. The highest BCUT2D eigenvalue weighted by Crippen LogP contribution is 2.43. The zero-order valence-electron chi connectivity index (χ0n) is 25.6. The lowest BCUT2D eigenvalue weighted by Gasteiger charge is -2.16. The number of rotatable bonds is 2. The second-order valence-corrected chi connectivity index (χ2v) is 13.5. The van der Waals surface area contributed by atoms with Gasteiger partial charge in [0.2, 0.25) is 5.95 Å². The average Bonchev–Trinajstić information content (AvgIpc) is 3.70. The van der Waals surface area contributed by atoms with Crippen LogP contribution in [0.25, 0.3) is 102 Å². The Bertz CT molecular complexity index is 3120. The molecule has 4 heterocycles. The maximum atomic E-state index is 5.49. The highest BCUT2D eigenvalue weighted by molar-refractivity contribution is 7.26. The number of aromatic nitrogens is 4. The summed E-state index contributed by atoms with van der Waals surface area (Å²) in [6.07, 6.45) is 3.72. The van der Waals surface area contributed by atoms with Crippen LogP contribution in [-0.2, 0) is 0 Å². The molecule has 0 fully saturated rings. The molecule has 0 saturated carbocycles. The van der Waals surface area contributed by atoms with Gasteiger partial charge in [-0.25, -0.2) is 9.97 Å². The predicted molar refractivity (Wildman–Crippen MR) is 203 cm³/mol. The number of hydrogen-bond donors (Lipinski definition) is 0. The van der Waals surface area contributed by atoms with Gasteiger partial charge < -0.3 is 0 Å². The van der Waals surface area contributed by atoms with Crippen molar-refractivity contribution in [3.8, 4) is 17.2 Å². The van der Waals surface area contributed by atoms with Gasteiger partial charge in [-0.1, -0.05) is 97.1 Å². The van der Waals surface area contributed by atoms with Gasteiger partial charge in [0.15, 0.2) is 0 Å². The van der Waals surface area contributed by atoms with E-state index in [0.29, 0.717) is 5.95 Å². The third-order valence-electron chi connectivity index (χ3n) is 9.85. The molecule has 0 radical (unpaired) electrons. The zero-order valence-corrected chi connectivity index (χ0v) is 26.4. The van der Waals surface area contributed by atoms with Gasteiger partial charge in [0.1, 0.15) is 0 Å². The third-order valence-corrected chi connectivity index (χ3v) is 11.1. The van der Waals surface area contributed by atoms with Crippen LogP contribution in [0.1, 0.15) is 0 Å². The fraction of sp³-hybridized carbons (Fsp3) is 0. The number of pyridine rings is 1. The fourth-order valence-corrected chi connectivity index (χ4v) is 8.99. The van der Waals surface area contributed by atoms with Crippen LogP contribution < -0.4 is 0 Å². The molecule has 48 heavy (non-hydrogen) atoms. The van der Waals surface area contributed by atoms with Gasteiger partial charge in [-0.3, -0.25) is 9.55 Å². The summed E-state index contributed by atoms with van der Waals surface area (Å²) < 4.78 is 4.87. The molecule has 0 atom stereocenters. The van der Waals surface area contributed by atoms with Crippen LogP contribution in [0.3, 0.4) is 0 Å². The zero-order chi connectivity index (χ0) is 31.3. The first-order valence-electron chi connectivity index (χ1n) is 16.1. The first-order valence-corrected chi connectivity index (χ1v) is 16.9. The van der Waals surface area contributed by atoms with Gasteiger partial charge >= 0.3 is 0 Å². The molecule has 222 valence electrons. The molecule has 0 aliphatic rings. The van der Waals surface area contributed by atoms with Crippen LogP contribution in [0.15, 0.2) is 146 Å². The van der Waals surface area contributed by atoms with Gasteiger partial charge in [-0.05, 0) is 57.9 Å². The number of fused-ring (bicyclic) bond motifs is 14. The summed E-state index contributed by atoms with van der Waals surface area (Å²) in [7, 11) is 0. The fourth-order valence-electron chi connectivity index (χ4n) is 7.76. The summed E-state index contributed by atoms with van der Waals surface area (Å²) in [6, 6.07) is 47.9. The van der Waals surface area contributed by atoms with Crippen molar-refractivity contribution < 1.29 is 0 Å². The number of thiophene rings is 1. The maximum Gasteiger partial charge on any atom is 0.235 e. The van der Waals surface area contributed by atoms with Crippen molar-refractivity contribution >= 4 is 96.5 Å². The van der Waals surface area contributed by atoms with Crippen LogP contribution in [0, 0.1) is 0 Å². The Hall–Kier alpha value is -6.17. The maximum absolute atomic E-state index is 5.49. The quantitative estimate of drug-likeness (QED) is 0.179. The topological polar surface area (TPSA) is 43.6 Å². The molecule has 0 amide bonds. The lowest BCUT2D eigenvalue weighted by atomic mass is 9.95. The SMILES string of the molecule is c1cncc(-c2nc(-n3c4ccccc4c4cc5ccc6c7ccccc7sc6c5cc43)nc3c4ccccc4c4ccccc4c23)c1. The van der Waals surface area contributed by atoms with Crippen LogP contribution in [0.4, 0.5) is 0 Å². The highest BCUT2D eigenvalue weighted by Gasteiger charge is 2.21. The lowest BCUT2D eigenvalue weighted by molar-refractivity contribution is 1.02. The number of para-hydroxylation sites is 1. The first-order chi connectivity index (χ1) is 23.8. The molecule has 0 spiro atoms. The predicted octanol–water partition coefficient (Wildman–Crippen LogP) is 11.6. The van der Waals surface area contributed by atoms with E-state index >= 15 is 0 Å². The summed E-state index contributed by atoms with van der Waals surface area (Å²) in [6.45, 7) is 0. The molecule has 7 aromatic carbocycles. The van der Waals surface area contributed by atoms with Crippen molar-refractivity contribution in [1.29, 1.82) is 0 Å². The summed E-state index contributed by atoms with van der Waals surface area (Å²) in [5, 5.41) is 13.1. The van der Waals surface area contributed by atoms with Crippen LogP contribution in [0.5, 0.6) is 0 Å². The van der Waals surface area contributed by atoms with E-state index in [0.717, 1.165) is 44.0 Å². The molecule has 0 N–H and O–H groups in total. The Labute approximate surface area is 278 Å². The van der Waals surface area contributed by atoms with E-state index in [9.17, 15) is 0 Å². The molecular weight excluding hydrogens is 605 g/mol. The average molecular weight is 629 g/mol. The van der Waals surface area contributed by atoms with Crippen LogP contribution in [-0.4, -0.2) is 19.5 Å².